The number of piperidine rings is 1. The number of halogens is 3. The van der Waals surface area contributed by atoms with Crippen molar-refractivity contribution in [1.29, 1.82) is 0 Å². The van der Waals surface area contributed by atoms with E-state index in [0.717, 1.165) is 57.9 Å². The number of anilines is 4. The molecule has 44 heavy (non-hydrogen) atoms. The summed E-state index contributed by atoms with van der Waals surface area (Å²) in [4.78, 5) is 28.2. The number of hydrogen-bond donors (Lipinski definition) is 4. The van der Waals surface area contributed by atoms with Crippen LogP contribution in [0.3, 0.4) is 0 Å². The van der Waals surface area contributed by atoms with E-state index in [-0.39, 0.29) is 41.0 Å². The molecule has 0 radical (unpaired) electrons. The van der Waals surface area contributed by atoms with E-state index in [0.29, 0.717) is 43.5 Å². The van der Waals surface area contributed by atoms with Crippen LogP contribution in [0.4, 0.5) is 36.2 Å². The topological polar surface area (TPSA) is 123 Å². The number of piperazine rings is 1. The predicted molar refractivity (Wildman–Crippen MR) is 166 cm³/mol. The van der Waals surface area contributed by atoms with E-state index in [2.05, 4.69) is 37.4 Å². The van der Waals surface area contributed by atoms with Gasteiger partial charge in [0.05, 0.1) is 17.4 Å². The number of nitrogens with two attached hydrogens (primary N) is 1. The standard InChI is InChI=1S/C31H45F3N8O2/c1-19(2)26-29(36-20-4-7-23(43)8-5-20)39-30(27(38-26)28(35)44)37-21-6-9-25(24(18-21)31(32,33)34)42-12-10-22(11-13-42)41-16-14-40(3)15-17-41/h6,9,18-20,22-23,43H,4-5,7-8,10-17H2,1-3H3,(H2,35,44)(H2,36,37,39)/t20-,23-. The highest BCUT2D eigenvalue weighted by Crippen LogP contribution is 2.40. The Balaban J connectivity index is 1.38. The summed E-state index contributed by atoms with van der Waals surface area (Å²) in [6.45, 7) is 8.94. The molecule has 3 fully saturated rings. The number of aliphatic hydroxyl groups excluding tert-OH is 1. The van der Waals surface area contributed by atoms with Crippen LogP contribution in [0.2, 0.25) is 0 Å². The molecule has 1 amide bonds. The molecule has 2 saturated heterocycles. The van der Waals surface area contributed by atoms with Crippen molar-refractivity contribution in [2.75, 3.05) is 61.8 Å². The first-order valence-corrected chi connectivity index (χ1v) is 15.7. The summed E-state index contributed by atoms with van der Waals surface area (Å²) in [7, 11) is 2.11. The third kappa shape index (κ3) is 7.55. The fraction of sp³-hybridized carbons (Fsp3) is 0.645. The highest BCUT2D eigenvalue weighted by molar-refractivity contribution is 5.96. The summed E-state index contributed by atoms with van der Waals surface area (Å²) in [5, 5.41) is 16.2. The number of benzene rings is 1. The van der Waals surface area contributed by atoms with Gasteiger partial charge in [-0.2, -0.15) is 13.2 Å². The fourth-order valence-electron chi connectivity index (χ4n) is 6.54. The third-order valence-electron chi connectivity index (χ3n) is 9.16. The molecule has 0 bridgehead atoms. The molecule has 1 aromatic heterocycles. The smallest absolute Gasteiger partial charge is 0.393 e. The first-order valence-electron chi connectivity index (χ1n) is 15.7. The number of carbonyl (C=O) groups is 1. The Hall–Kier alpha value is -3.16. The molecule has 242 valence electrons. The van der Waals surface area contributed by atoms with E-state index in [1.807, 2.05) is 18.7 Å². The van der Waals surface area contributed by atoms with Crippen LogP contribution in [0, 0.1) is 0 Å². The minimum Gasteiger partial charge on any atom is -0.393 e. The zero-order valence-corrected chi connectivity index (χ0v) is 25.8. The molecule has 5 rings (SSSR count). The van der Waals surface area contributed by atoms with Crippen molar-refractivity contribution < 1.29 is 23.1 Å². The largest absolute Gasteiger partial charge is 0.418 e. The summed E-state index contributed by atoms with van der Waals surface area (Å²) >= 11 is 0. The quantitative estimate of drug-likeness (QED) is 0.341. The Morgan fingerprint density at radius 1 is 0.977 bits per heavy atom. The van der Waals surface area contributed by atoms with Gasteiger partial charge in [0.2, 0.25) is 0 Å². The van der Waals surface area contributed by atoms with Crippen LogP contribution in [0.15, 0.2) is 18.2 Å². The lowest BCUT2D eigenvalue weighted by Crippen LogP contribution is -2.52. The maximum absolute atomic E-state index is 14.4. The van der Waals surface area contributed by atoms with Crippen LogP contribution in [-0.2, 0) is 6.18 Å². The van der Waals surface area contributed by atoms with Crippen molar-refractivity contribution in [1.82, 2.24) is 19.8 Å². The first kappa shape index (κ1) is 32.2. The molecule has 0 atom stereocenters. The Morgan fingerprint density at radius 2 is 1.64 bits per heavy atom. The van der Waals surface area contributed by atoms with Gasteiger partial charge < -0.3 is 31.3 Å². The van der Waals surface area contributed by atoms with Crippen molar-refractivity contribution in [3.05, 3.63) is 35.2 Å². The minimum atomic E-state index is -4.58. The Morgan fingerprint density at radius 3 is 2.23 bits per heavy atom. The SMILES string of the molecule is CC(C)c1nc(C(N)=O)c(Nc2ccc(N3CCC(N4CCN(C)CC4)CC3)c(C(F)(F)F)c2)nc1N[C@H]1CC[C@H](O)CC1. The molecule has 5 N–H and O–H groups in total. The molecule has 1 aliphatic carbocycles. The molecule has 10 nitrogen and oxygen atoms in total. The van der Waals surface area contributed by atoms with Gasteiger partial charge in [0, 0.05) is 62.7 Å². The number of amides is 1. The van der Waals surface area contributed by atoms with Gasteiger partial charge >= 0.3 is 6.18 Å². The predicted octanol–water partition coefficient (Wildman–Crippen LogP) is 4.39. The van der Waals surface area contributed by atoms with Gasteiger partial charge in [0.1, 0.15) is 0 Å². The first-order chi connectivity index (χ1) is 20.9. The van der Waals surface area contributed by atoms with E-state index < -0.39 is 17.6 Å². The molecule has 1 saturated carbocycles. The highest BCUT2D eigenvalue weighted by atomic mass is 19.4. The second kappa shape index (κ2) is 13.5. The van der Waals surface area contributed by atoms with Crippen LogP contribution >= 0.6 is 0 Å². The van der Waals surface area contributed by atoms with Crippen LogP contribution < -0.4 is 21.3 Å². The number of aliphatic hydroxyl groups is 1. The molecule has 2 aromatic rings. The maximum atomic E-state index is 14.4. The van der Waals surface area contributed by atoms with Gasteiger partial charge in [-0.05, 0) is 69.7 Å². The fourth-order valence-corrected chi connectivity index (χ4v) is 6.54. The van der Waals surface area contributed by atoms with Crippen LogP contribution in [0.25, 0.3) is 0 Å². The Bertz CT molecular complexity index is 1300. The molecule has 1 aromatic carbocycles. The molecule has 2 aliphatic heterocycles. The lowest BCUT2D eigenvalue weighted by Gasteiger charge is -2.43. The van der Waals surface area contributed by atoms with E-state index in [9.17, 15) is 23.1 Å². The van der Waals surface area contributed by atoms with Crippen LogP contribution in [0.1, 0.15) is 80.0 Å². The zero-order chi connectivity index (χ0) is 31.6. The zero-order valence-electron chi connectivity index (χ0n) is 25.8. The number of rotatable bonds is 8. The van der Waals surface area contributed by atoms with Gasteiger partial charge in [-0.3, -0.25) is 9.69 Å². The molecule has 0 spiro atoms. The summed E-state index contributed by atoms with van der Waals surface area (Å²) in [6.07, 6.45) is -0.480. The van der Waals surface area contributed by atoms with E-state index in [4.69, 9.17) is 5.73 Å². The van der Waals surface area contributed by atoms with E-state index in [1.165, 1.54) is 6.07 Å². The summed E-state index contributed by atoms with van der Waals surface area (Å²) in [5.41, 5.74) is 5.60. The van der Waals surface area contributed by atoms with Crippen LogP contribution in [0.5, 0.6) is 0 Å². The number of nitrogens with one attached hydrogen (secondary N) is 2. The van der Waals surface area contributed by atoms with Crippen molar-refractivity contribution in [2.45, 2.75) is 82.7 Å². The maximum Gasteiger partial charge on any atom is 0.418 e. The Kier molecular flexibility index (Phi) is 9.86. The number of nitrogens with zero attached hydrogens (tertiary/aromatic N) is 5. The second-order valence-electron chi connectivity index (χ2n) is 12.7. The summed E-state index contributed by atoms with van der Waals surface area (Å²) in [6, 6.07) is 4.58. The summed E-state index contributed by atoms with van der Waals surface area (Å²) in [5.74, 6) is -0.480. The number of alkyl halides is 3. The average molecular weight is 619 g/mol. The number of likely N-dealkylation sites (N-methyl/N-ethyl adjacent to an activating group) is 1. The molecule has 13 heteroatoms. The van der Waals surface area contributed by atoms with Gasteiger partial charge in [0.15, 0.2) is 17.3 Å². The van der Waals surface area contributed by atoms with Crippen molar-refractivity contribution in [2.24, 2.45) is 5.73 Å². The van der Waals surface area contributed by atoms with Crippen molar-refractivity contribution in [3.8, 4) is 0 Å². The van der Waals surface area contributed by atoms with Crippen molar-refractivity contribution >= 4 is 28.9 Å². The monoisotopic (exact) mass is 618 g/mol. The number of primary amides is 1. The van der Waals surface area contributed by atoms with Gasteiger partial charge in [-0.25, -0.2) is 9.97 Å². The highest BCUT2D eigenvalue weighted by Gasteiger charge is 2.37. The lowest BCUT2D eigenvalue weighted by atomic mass is 9.93. The van der Waals surface area contributed by atoms with Gasteiger partial charge in [-0.15, -0.1) is 0 Å². The second-order valence-corrected chi connectivity index (χ2v) is 12.7. The molecule has 3 aliphatic rings. The van der Waals surface area contributed by atoms with Crippen molar-refractivity contribution in [3.63, 3.8) is 0 Å². The minimum absolute atomic E-state index is 0.00545. The van der Waals surface area contributed by atoms with E-state index >= 15 is 0 Å². The van der Waals surface area contributed by atoms with E-state index in [1.54, 1.807) is 6.07 Å². The normalized spacial score (nSPS) is 22.8. The molecule has 0 unspecified atom stereocenters. The molecular formula is C31H45F3N8O2. The van der Waals surface area contributed by atoms with Gasteiger partial charge in [-0.1, -0.05) is 13.8 Å². The average Bonchev–Trinajstić information content (AvgIpc) is 2.98. The lowest BCUT2D eigenvalue weighted by molar-refractivity contribution is -0.137. The number of carbonyl (C=O) groups excluding carboxylic acids is 1. The Labute approximate surface area is 257 Å². The van der Waals surface area contributed by atoms with Gasteiger partial charge in [0.25, 0.3) is 5.91 Å². The third-order valence-corrected chi connectivity index (χ3v) is 9.16. The number of hydrogen-bond acceptors (Lipinski definition) is 9. The summed E-state index contributed by atoms with van der Waals surface area (Å²) < 4.78 is 43.3. The molecule has 3 heterocycles. The molecular weight excluding hydrogens is 573 g/mol. The number of aromatic nitrogens is 2. The van der Waals surface area contributed by atoms with Crippen LogP contribution in [-0.4, -0.2) is 95.3 Å².